The highest BCUT2D eigenvalue weighted by Gasteiger charge is 2.52. The maximum Gasteiger partial charge on any atom is 0.243 e. The molecule has 7 heteroatoms. The molecule has 0 N–H and O–H groups in total. The van der Waals surface area contributed by atoms with E-state index in [0.717, 1.165) is 23.2 Å². The van der Waals surface area contributed by atoms with E-state index in [4.69, 9.17) is 9.47 Å². The zero-order valence-corrected chi connectivity index (χ0v) is 17.1. The smallest absolute Gasteiger partial charge is 0.243 e. The van der Waals surface area contributed by atoms with Crippen molar-refractivity contribution >= 4 is 10.0 Å². The standard InChI is InChI=1S/C21H26N2O4S/c1-16-9-17(2)11-20(10-16)28(24,25)23-14-21(15-23)12-19(6-8-27-21)26-13-18-5-3-4-7-22-18/h3-5,7,9-11,19H,6,8,12-15H2,1-2H3/t19-/m0/s1. The molecule has 28 heavy (non-hydrogen) atoms. The summed E-state index contributed by atoms with van der Waals surface area (Å²) in [5, 5.41) is 0. The van der Waals surface area contributed by atoms with Gasteiger partial charge in [0.15, 0.2) is 0 Å². The Morgan fingerprint density at radius 1 is 1.21 bits per heavy atom. The molecule has 3 heterocycles. The van der Waals surface area contributed by atoms with Crippen LogP contribution in [0, 0.1) is 13.8 Å². The number of hydrogen-bond acceptors (Lipinski definition) is 5. The Balaban J connectivity index is 1.38. The highest BCUT2D eigenvalue weighted by molar-refractivity contribution is 7.89. The first-order valence-corrected chi connectivity index (χ1v) is 11.0. The van der Waals surface area contributed by atoms with Crippen molar-refractivity contribution < 1.29 is 17.9 Å². The van der Waals surface area contributed by atoms with Crippen LogP contribution in [0.5, 0.6) is 0 Å². The molecule has 0 saturated carbocycles. The summed E-state index contributed by atoms with van der Waals surface area (Å²) in [5.74, 6) is 0. The summed E-state index contributed by atoms with van der Waals surface area (Å²) in [6.07, 6.45) is 3.34. The van der Waals surface area contributed by atoms with Crippen molar-refractivity contribution in [1.82, 2.24) is 9.29 Å². The molecule has 2 aromatic rings. The summed E-state index contributed by atoms with van der Waals surface area (Å²) in [5.41, 5.74) is 2.37. The largest absolute Gasteiger partial charge is 0.372 e. The van der Waals surface area contributed by atoms with Gasteiger partial charge >= 0.3 is 0 Å². The Bertz CT molecular complexity index is 920. The van der Waals surface area contributed by atoms with Gasteiger partial charge in [-0.3, -0.25) is 4.98 Å². The molecule has 150 valence electrons. The molecule has 0 radical (unpaired) electrons. The van der Waals surface area contributed by atoms with Crippen LogP contribution in [0.4, 0.5) is 0 Å². The van der Waals surface area contributed by atoms with Crippen molar-refractivity contribution in [1.29, 1.82) is 0 Å². The van der Waals surface area contributed by atoms with Crippen LogP contribution in [0.15, 0.2) is 47.5 Å². The van der Waals surface area contributed by atoms with Crippen molar-refractivity contribution in [2.24, 2.45) is 0 Å². The van der Waals surface area contributed by atoms with Crippen LogP contribution in [-0.4, -0.2) is 49.1 Å². The number of pyridine rings is 1. The van der Waals surface area contributed by atoms with Crippen LogP contribution in [0.3, 0.4) is 0 Å². The number of aromatic nitrogens is 1. The highest BCUT2D eigenvalue weighted by Crippen LogP contribution is 2.38. The Morgan fingerprint density at radius 3 is 2.64 bits per heavy atom. The molecule has 0 bridgehead atoms. The molecule has 6 nitrogen and oxygen atoms in total. The van der Waals surface area contributed by atoms with E-state index in [2.05, 4.69) is 4.98 Å². The van der Waals surface area contributed by atoms with Gasteiger partial charge in [0.1, 0.15) is 0 Å². The Labute approximate surface area is 166 Å². The third-order valence-corrected chi connectivity index (χ3v) is 7.17. The quantitative estimate of drug-likeness (QED) is 0.769. The number of aryl methyl sites for hydroxylation is 2. The minimum Gasteiger partial charge on any atom is -0.372 e. The van der Waals surface area contributed by atoms with E-state index in [1.165, 1.54) is 4.31 Å². The molecule has 0 aliphatic carbocycles. The lowest BCUT2D eigenvalue weighted by Crippen LogP contribution is -2.67. The van der Waals surface area contributed by atoms with E-state index in [1.54, 1.807) is 18.3 Å². The maximum absolute atomic E-state index is 13.0. The fourth-order valence-electron chi connectivity index (χ4n) is 4.03. The summed E-state index contributed by atoms with van der Waals surface area (Å²) in [6, 6.07) is 11.2. The number of benzene rings is 1. The van der Waals surface area contributed by atoms with Gasteiger partial charge in [0.25, 0.3) is 0 Å². The SMILES string of the molecule is Cc1cc(C)cc(S(=O)(=O)N2CC3(C[C@@H](OCc4ccccn4)CCO3)C2)c1. The van der Waals surface area contributed by atoms with E-state index in [1.807, 2.05) is 38.1 Å². The fourth-order valence-corrected chi connectivity index (χ4v) is 5.81. The second-order valence-electron chi connectivity index (χ2n) is 7.87. The van der Waals surface area contributed by atoms with E-state index < -0.39 is 15.6 Å². The molecule has 0 amide bonds. The minimum absolute atomic E-state index is 0.0572. The summed E-state index contributed by atoms with van der Waals surface area (Å²) in [4.78, 5) is 4.64. The zero-order valence-electron chi connectivity index (χ0n) is 16.3. The number of rotatable bonds is 5. The van der Waals surface area contributed by atoms with Gasteiger partial charge in [0, 0.05) is 32.3 Å². The Morgan fingerprint density at radius 2 is 1.96 bits per heavy atom. The van der Waals surface area contributed by atoms with Gasteiger partial charge in [-0.05, 0) is 55.7 Å². The average molecular weight is 403 g/mol. The second-order valence-corrected chi connectivity index (χ2v) is 9.81. The van der Waals surface area contributed by atoms with Gasteiger partial charge in [-0.15, -0.1) is 0 Å². The first-order chi connectivity index (χ1) is 13.4. The van der Waals surface area contributed by atoms with Crippen LogP contribution in [0.1, 0.15) is 29.7 Å². The van der Waals surface area contributed by atoms with Gasteiger partial charge in [-0.25, -0.2) is 8.42 Å². The molecule has 1 aromatic heterocycles. The molecule has 4 rings (SSSR count). The molecule has 2 saturated heterocycles. The normalized spacial score (nSPS) is 22.1. The van der Waals surface area contributed by atoms with Crippen molar-refractivity contribution in [2.45, 2.75) is 49.9 Å². The molecular weight excluding hydrogens is 376 g/mol. The Kier molecular flexibility index (Phi) is 5.26. The predicted octanol–water partition coefficient (Wildman–Crippen LogP) is 2.84. The number of sulfonamides is 1. The fraction of sp³-hybridized carbons (Fsp3) is 0.476. The van der Waals surface area contributed by atoms with Gasteiger partial charge in [-0.2, -0.15) is 4.31 Å². The molecular formula is C21H26N2O4S. The van der Waals surface area contributed by atoms with Gasteiger partial charge in [0.2, 0.25) is 10.0 Å². The van der Waals surface area contributed by atoms with Gasteiger partial charge < -0.3 is 9.47 Å². The van der Waals surface area contributed by atoms with Crippen molar-refractivity contribution in [3.63, 3.8) is 0 Å². The number of hydrogen-bond donors (Lipinski definition) is 0. The van der Waals surface area contributed by atoms with Crippen LogP contribution >= 0.6 is 0 Å². The molecule has 1 aromatic carbocycles. The topological polar surface area (TPSA) is 68.7 Å². The highest BCUT2D eigenvalue weighted by atomic mass is 32.2. The van der Waals surface area contributed by atoms with E-state index in [0.29, 0.717) is 37.6 Å². The maximum atomic E-state index is 13.0. The summed E-state index contributed by atoms with van der Waals surface area (Å²) >= 11 is 0. The molecule has 2 aliphatic rings. The summed E-state index contributed by atoms with van der Waals surface area (Å²) in [7, 11) is -3.49. The minimum atomic E-state index is -3.49. The van der Waals surface area contributed by atoms with Crippen molar-refractivity contribution in [3.8, 4) is 0 Å². The van der Waals surface area contributed by atoms with E-state index >= 15 is 0 Å². The zero-order chi connectivity index (χ0) is 19.8. The van der Waals surface area contributed by atoms with Crippen molar-refractivity contribution in [2.75, 3.05) is 19.7 Å². The molecule has 2 fully saturated rings. The lowest BCUT2D eigenvalue weighted by Gasteiger charge is -2.52. The lowest BCUT2D eigenvalue weighted by atomic mass is 9.86. The third kappa shape index (κ3) is 3.98. The first kappa shape index (κ1) is 19.5. The third-order valence-electron chi connectivity index (χ3n) is 5.40. The van der Waals surface area contributed by atoms with E-state index in [9.17, 15) is 8.42 Å². The monoisotopic (exact) mass is 402 g/mol. The van der Waals surface area contributed by atoms with Crippen LogP contribution < -0.4 is 0 Å². The average Bonchev–Trinajstić information content (AvgIpc) is 2.64. The first-order valence-electron chi connectivity index (χ1n) is 9.60. The van der Waals surface area contributed by atoms with Gasteiger partial charge in [-0.1, -0.05) is 12.1 Å². The number of nitrogens with zero attached hydrogens (tertiary/aromatic N) is 2. The van der Waals surface area contributed by atoms with Crippen LogP contribution in [0.2, 0.25) is 0 Å². The molecule has 0 unspecified atom stereocenters. The molecule has 1 spiro atoms. The predicted molar refractivity (Wildman–Crippen MR) is 105 cm³/mol. The Hall–Kier alpha value is -1.80. The van der Waals surface area contributed by atoms with Crippen LogP contribution in [-0.2, 0) is 26.1 Å². The summed E-state index contributed by atoms with van der Waals surface area (Å²) in [6.45, 7) is 5.64. The van der Waals surface area contributed by atoms with Crippen LogP contribution in [0.25, 0.3) is 0 Å². The number of ether oxygens (including phenoxy) is 2. The molecule has 1 atom stereocenters. The summed E-state index contributed by atoms with van der Waals surface area (Å²) < 4.78 is 39.5. The van der Waals surface area contributed by atoms with E-state index in [-0.39, 0.29) is 6.10 Å². The second kappa shape index (κ2) is 7.55. The lowest BCUT2D eigenvalue weighted by molar-refractivity contribution is -0.180. The van der Waals surface area contributed by atoms with Gasteiger partial charge in [0.05, 0.1) is 28.9 Å². The molecule has 2 aliphatic heterocycles. The van der Waals surface area contributed by atoms with Crippen molar-refractivity contribution in [3.05, 3.63) is 59.4 Å².